The number of aliphatic hydroxyl groups excluding tert-OH is 1. The molecule has 0 heterocycles. The molecule has 50 valence electrons. The van der Waals surface area contributed by atoms with Crippen molar-refractivity contribution >= 4 is 15.9 Å². The van der Waals surface area contributed by atoms with Crippen LogP contribution < -0.4 is 0 Å². The summed E-state index contributed by atoms with van der Waals surface area (Å²) in [6.07, 6.45) is 1.28. The van der Waals surface area contributed by atoms with Crippen LogP contribution in [-0.2, 0) is 0 Å². The van der Waals surface area contributed by atoms with Gasteiger partial charge in [-0.3, -0.25) is 0 Å². The molecule has 0 fully saturated rings. The van der Waals surface area contributed by atoms with Crippen molar-refractivity contribution in [3.8, 4) is 0 Å². The van der Waals surface area contributed by atoms with E-state index in [0.717, 1.165) is 0 Å². The summed E-state index contributed by atoms with van der Waals surface area (Å²) in [5, 5.41) is 8.68. The van der Waals surface area contributed by atoms with E-state index in [1.807, 2.05) is 0 Å². The van der Waals surface area contributed by atoms with E-state index in [1.165, 1.54) is 6.08 Å². The van der Waals surface area contributed by atoms with Gasteiger partial charge in [0.1, 0.15) is 0 Å². The van der Waals surface area contributed by atoms with Gasteiger partial charge in [0.2, 0.25) is 0 Å². The molecule has 0 unspecified atom stereocenters. The highest BCUT2D eigenvalue weighted by atomic mass is 79.9. The number of rotatable bonds is 2. The lowest BCUT2D eigenvalue weighted by molar-refractivity contribution is 0.389. The molecule has 0 atom stereocenters. The van der Waals surface area contributed by atoms with Crippen LogP contribution in [0.2, 0.25) is 0 Å². The Bertz CT molecular complexity index is 172. The van der Waals surface area contributed by atoms with Crippen LogP contribution in [0.15, 0.2) is 35.3 Å². The normalized spacial score (nSPS) is 12.2. The lowest BCUT2D eigenvalue weighted by Gasteiger charge is -1.93. The molecule has 0 bridgehead atoms. The van der Waals surface area contributed by atoms with E-state index < -0.39 is 11.6 Å². The third kappa shape index (κ3) is 2.46. The molecule has 0 spiro atoms. The van der Waals surface area contributed by atoms with E-state index in [0.29, 0.717) is 0 Å². The van der Waals surface area contributed by atoms with Gasteiger partial charge in [-0.2, -0.15) is 0 Å². The molecule has 1 nitrogen and oxygen atoms in total. The van der Waals surface area contributed by atoms with Gasteiger partial charge >= 0.3 is 0 Å². The molecule has 0 aromatic heterocycles. The van der Waals surface area contributed by atoms with Gasteiger partial charge in [0, 0.05) is 0 Å². The van der Waals surface area contributed by atoms with Crippen LogP contribution in [-0.4, -0.2) is 5.11 Å². The van der Waals surface area contributed by atoms with Crippen molar-refractivity contribution in [2.24, 2.45) is 0 Å². The van der Waals surface area contributed by atoms with E-state index in [1.54, 1.807) is 0 Å². The fourth-order valence-electron chi connectivity index (χ4n) is 0.226. The minimum Gasteiger partial charge on any atom is -0.504 e. The maximum atomic E-state index is 12.0. The molecule has 1 N–H and O–H groups in total. The molecule has 0 saturated heterocycles. The van der Waals surface area contributed by atoms with Crippen molar-refractivity contribution in [3.63, 3.8) is 0 Å². The Hall–Kier alpha value is -0.570. The highest BCUT2D eigenvalue weighted by Gasteiger charge is 2.00. The van der Waals surface area contributed by atoms with E-state index in [4.69, 9.17) is 5.11 Å². The van der Waals surface area contributed by atoms with Crippen molar-refractivity contribution in [1.82, 2.24) is 0 Å². The molecule has 0 aromatic rings. The first-order valence-electron chi connectivity index (χ1n) is 2.15. The quantitative estimate of drug-likeness (QED) is 0.528. The Morgan fingerprint density at radius 3 is 2.22 bits per heavy atom. The van der Waals surface area contributed by atoms with Gasteiger partial charge in [-0.05, 0) is 15.9 Å². The van der Waals surface area contributed by atoms with E-state index >= 15 is 0 Å². The van der Waals surface area contributed by atoms with Gasteiger partial charge in [0.05, 0.1) is 4.48 Å². The SMILES string of the molecule is C=C/C(Br)=C(/O)C(=C)F. The van der Waals surface area contributed by atoms with Crippen LogP contribution in [0.1, 0.15) is 0 Å². The fourth-order valence-corrected chi connectivity index (χ4v) is 0.441. The first-order valence-corrected chi connectivity index (χ1v) is 2.95. The topological polar surface area (TPSA) is 20.2 Å². The molecule has 0 amide bonds. The molecule has 3 heteroatoms. The zero-order valence-electron chi connectivity index (χ0n) is 4.69. The fraction of sp³-hybridized carbons (Fsp3) is 0. The molecule has 0 aliphatic rings. The van der Waals surface area contributed by atoms with Crippen molar-refractivity contribution in [2.75, 3.05) is 0 Å². The second kappa shape index (κ2) is 3.45. The molecule has 0 rings (SSSR count). The zero-order chi connectivity index (χ0) is 7.44. The average Bonchev–Trinajstić information content (AvgIpc) is 1.84. The van der Waals surface area contributed by atoms with Crippen molar-refractivity contribution < 1.29 is 9.50 Å². The zero-order valence-corrected chi connectivity index (χ0v) is 6.28. The van der Waals surface area contributed by atoms with E-state index in [9.17, 15) is 4.39 Å². The molecule has 0 radical (unpaired) electrons. The number of hydrogen-bond acceptors (Lipinski definition) is 1. The van der Waals surface area contributed by atoms with Gasteiger partial charge in [-0.1, -0.05) is 19.2 Å². The van der Waals surface area contributed by atoms with Crippen LogP contribution in [0.25, 0.3) is 0 Å². The van der Waals surface area contributed by atoms with Crippen LogP contribution >= 0.6 is 15.9 Å². The molecular formula is C6H6BrFO. The Morgan fingerprint density at radius 2 is 2.11 bits per heavy atom. The summed E-state index contributed by atoms with van der Waals surface area (Å²) in [7, 11) is 0. The lowest BCUT2D eigenvalue weighted by atomic mass is 10.4. The number of hydrogen-bond donors (Lipinski definition) is 1. The van der Waals surface area contributed by atoms with Crippen LogP contribution in [0, 0.1) is 0 Å². The minimum absolute atomic E-state index is 0.204. The third-order valence-corrected chi connectivity index (χ3v) is 1.36. The number of halogens is 2. The predicted octanol–water partition coefficient (Wildman–Crippen LogP) is 2.82. The maximum Gasteiger partial charge on any atom is 0.165 e. The summed E-state index contributed by atoms with van der Waals surface area (Å²) in [6.45, 7) is 6.16. The molecule has 0 aliphatic heterocycles. The second-order valence-electron chi connectivity index (χ2n) is 1.31. The van der Waals surface area contributed by atoms with Gasteiger partial charge < -0.3 is 5.11 Å². The van der Waals surface area contributed by atoms with Crippen LogP contribution in [0.4, 0.5) is 4.39 Å². The summed E-state index contributed by atoms with van der Waals surface area (Å²) in [6, 6.07) is 0. The molecular weight excluding hydrogens is 187 g/mol. The van der Waals surface area contributed by atoms with Gasteiger partial charge in [0.15, 0.2) is 11.6 Å². The molecule has 0 saturated carbocycles. The minimum atomic E-state index is -0.873. The van der Waals surface area contributed by atoms with Gasteiger partial charge in [-0.25, -0.2) is 4.39 Å². The molecule has 0 aliphatic carbocycles. The Kier molecular flexibility index (Phi) is 3.24. The Morgan fingerprint density at radius 1 is 1.67 bits per heavy atom. The highest BCUT2D eigenvalue weighted by molar-refractivity contribution is 9.11. The summed E-state index contributed by atoms with van der Waals surface area (Å²) in [4.78, 5) is 0. The second-order valence-corrected chi connectivity index (χ2v) is 2.16. The number of aliphatic hydroxyl groups is 1. The third-order valence-electron chi connectivity index (χ3n) is 0.662. The maximum absolute atomic E-state index is 12.0. The first kappa shape index (κ1) is 8.43. The Labute approximate surface area is 61.3 Å². The number of allylic oxidation sites excluding steroid dienone is 3. The van der Waals surface area contributed by atoms with Gasteiger partial charge in [0.25, 0.3) is 0 Å². The monoisotopic (exact) mass is 192 g/mol. The van der Waals surface area contributed by atoms with Crippen LogP contribution in [0.3, 0.4) is 0 Å². The van der Waals surface area contributed by atoms with Gasteiger partial charge in [-0.15, -0.1) is 0 Å². The van der Waals surface area contributed by atoms with E-state index in [-0.39, 0.29) is 4.48 Å². The van der Waals surface area contributed by atoms with Crippen molar-refractivity contribution in [2.45, 2.75) is 0 Å². The highest BCUT2D eigenvalue weighted by Crippen LogP contribution is 2.16. The van der Waals surface area contributed by atoms with Crippen molar-refractivity contribution in [1.29, 1.82) is 0 Å². The molecule has 9 heavy (non-hydrogen) atoms. The summed E-state index contributed by atoms with van der Waals surface area (Å²) >= 11 is 2.85. The standard InChI is InChI=1S/C6H6BrFO/c1-3-5(7)6(9)4(2)8/h3,9H,1-2H2/b6-5-. The predicted molar refractivity (Wildman–Crippen MR) is 39.0 cm³/mol. The first-order chi connectivity index (χ1) is 4.09. The Balaban J connectivity index is 4.47. The smallest absolute Gasteiger partial charge is 0.165 e. The summed E-state index contributed by atoms with van der Waals surface area (Å²) < 4.78 is 12.2. The van der Waals surface area contributed by atoms with Crippen molar-refractivity contribution in [3.05, 3.63) is 35.3 Å². The largest absolute Gasteiger partial charge is 0.504 e. The lowest BCUT2D eigenvalue weighted by Crippen LogP contribution is -1.80. The average molecular weight is 193 g/mol. The van der Waals surface area contributed by atoms with E-state index in [2.05, 4.69) is 29.1 Å². The molecule has 0 aromatic carbocycles. The summed E-state index contributed by atoms with van der Waals surface area (Å²) in [5.74, 6) is -1.38. The van der Waals surface area contributed by atoms with Crippen LogP contribution in [0.5, 0.6) is 0 Å². The summed E-state index contributed by atoms with van der Waals surface area (Å²) in [5.41, 5.74) is 0.